The number of hydrogen-bond acceptors (Lipinski definition) is 6. The minimum absolute atomic E-state index is 0.0178. The highest BCUT2D eigenvalue weighted by molar-refractivity contribution is 5.95. The van der Waals surface area contributed by atoms with Crippen LogP contribution in [0.4, 0.5) is 10.5 Å². The molecule has 9 nitrogen and oxygen atoms in total. The molecular weight excluding hydrogens is 534 g/mol. The molecule has 0 aliphatic carbocycles. The number of benzene rings is 2. The summed E-state index contributed by atoms with van der Waals surface area (Å²) in [6, 6.07) is 15.8. The van der Waals surface area contributed by atoms with Gasteiger partial charge in [-0.1, -0.05) is 55.1 Å². The molecule has 0 unspecified atom stereocenters. The first kappa shape index (κ1) is 34.5. The van der Waals surface area contributed by atoms with Crippen LogP contribution >= 0.6 is 0 Å². The molecule has 0 bridgehead atoms. The van der Waals surface area contributed by atoms with Crippen LogP contribution in [0, 0.1) is 6.92 Å². The van der Waals surface area contributed by atoms with Crippen LogP contribution < -0.4 is 15.5 Å². The van der Waals surface area contributed by atoms with E-state index in [2.05, 4.69) is 17.2 Å². The molecule has 9 heteroatoms. The minimum Gasteiger partial charge on any atom is -0.444 e. The quantitative estimate of drug-likeness (QED) is 0.228. The zero-order chi connectivity index (χ0) is 30.8. The fourth-order valence-electron chi connectivity index (χ4n) is 4.08. The number of nitrogens with zero attached hydrogens (tertiary/aromatic N) is 1. The van der Waals surface area contributed by atoms with E-state index in [0.29, 0.717) is 71.7 Å². The summed E-state index contributed by atoms with van der Waals surface area (Å²) < 4.78 is 16.0. The molecule has 0 aromatic heterocycles. The molecule has 2 aromatic rings. The lowest BCUT2D eigenvalue weighted by atomic mass is 10.1. The molecule has 0 saturated heterocycles. The standard InChI is InChI=1S/C33H47N3O6/c1-6-27-14-9-10-16-29(27)36(25-28-15-8-7-13-26(28)2)31(38)18-12-11-17-30(37)34-19-21-40-23-24-41-22-20-35-32(39)42-33(3,4)5/h6-10,13-16H,1,11-12,17-25H2,2-5H3,(H,34,37)(H,35,39). The van der Waals surface area contributed by atoms with Crippen LogP contribution in [0.3, 0.4) is 0 Å². The largest absolute Gasteiger partial charge is 0.444 e. The summed E-state index contributed by atoms with van der Waals surface area (Å²) in [5.74, 6) is -0.0477. The summed E-state index contributed by atoms with van der Waals surface area (Å²) in [6.07, 6.45) is 3.22. The van der Waals surface area contributed by atoms with Crippen LogP contribution in [0.1, 0.15) is 63.1 Å². The van der Waals surface area contributed by atoms with Crippen molar-refractivity contribution in [1.29, 1.82) is 0 Å². The van der Waals surface area contributed by atoms with Crippen molar-refractivity contribution in [1.82, 2.24) is 10.6 Å². The maximum absolute atomic E-state index is 13.3. The van der Waals surface area contributed by atoms with Crippen molar-refractivity contribution in [2.24, 2.45) is 0 Å². The molecule has 0 atom stereocenters. The Morgan fingerprint density at radius 3 is 2.14 bits per heavy atom. The van der Waals surface area contributed by atoms with E-state index in [1.165, 1.54) is 0 Å². The topological polar surface area (TPSA) is 106 Å². The zero-order valence-corrected chi connectivity index (χ0v) is 25.6. The van der Waals surface area contributed by atoms with E-state index in [1.807, 2.05) is 60.4 Å². The molecule has 0 spiro atoms. The molecule has 0 fully saturated rings. The first-order chi connectivity index (χ1) is 20.1. The van der Waals surface area contributed by atoms with Crippen molar-refractivity contribution in [3.63, 3.8) is 0 Å². The van der Waals surface area contributed by atoms with Crippen molar-refractivity contribution in [3.8, 4) is 0 Å². The Labute approximate surface area is 250 Å². The molecule has 0 saturated carbocycles. The Balaban J connectivity index is 1.62. The van der Waals surface area contributed by atoms with Gasteiger partial charge in [-0.15, -0.1) is 0 Å². The van der Waals surface area contributed by atoms with Gasteiger partial charge in [-0.25, -0.2) is 4.79 Å². The van der Waals surface area contributed by atoms with Gasteiger partial charge < -0.3 is 29.7 Å². The Hall–Kier alpha value is -3.69. The minimum atomic E-state index is -0.532. The number of hydrogen-bond donors (Lipinski definition) is 2. The van der Waals surface area contributed by atoms with E-state index < -0.39 is 11.7 Å². The molecule has 2 N–H and O–H groups in total. The number of alkyl carbamates (subject to hydrolysis) is 1. The maximum Gasteiger partial charge on any atom is 0.407 e. The number of anilines is 1. The first-order valence-electron chi connectivity index (χ1n) is 14.6. The van der Waals surface area contributed by atoms with Crippen LogP contribution in [-0.4, -0.2) is 63.0 Å². The number of ether oxygens (including phenoxy) is 3. The number of unbranched alkanes of at least 4 members (excludes halogenated alkanes) is 1. The van der Waals surface area contributed by atoms with Gasteiger partial charge in [0.1, 0.15) is 5.60 Å². The lowest BCUT2D eigenvalue weighted by Gasteiger charge is -2.25. The van der Waals surface area contributed by atoms with Gasteiger partial charge in [0, 0.05) is 25.9 Å². The molecule has 42 heavy (non-hydrogen) atoms. The number of para-hydroxylation sites is 1. The van der Waals surface area contributed by atoms with Crippen LogP contribution in [-0.2, 0) is 30.3 Å². The van der Waals surface area contributed by atoms with Crippen molar-refractivity contribution in [2.45, 2.75) is 65.5 Å². The molecule has 2 aromatic carbocycles. The van der Waals surface area contributed by atoms with Gasteiger partial charge in [0.15, 0.2) is 0 Å². The molecule has 0 aliphatic heterocycles. The van der Waals surface area contributed by atoms with Crippen molar-refractivity contribution in [3.05, 3.63) is 71.8 Å². The molecule has 230 valence electrons. The van der Waals surface area contributed by atoms with E-state index in [4.69, 9.17) is 14.2 Å². The highest BCUT2D eigenvalue weighted by atomic mass is 16.6. The smallest absolute Gasteiger partial charge is 0.407 e. The predicted octanol–water partition coefficient (Wildman–Crippen LogP) is 5.41. The van der Waals surface area contributed by atoms with Gasteiger partial charge in [0.05, 0.1) is 38.7 Å². The third-order valence-corrected chi connectivity index (χ3v) is 6.24. The number of rotatable bonds is 18. The second-order valence-corrected chi connectivity index (χ2v) is 10.9. The van der Waals surface area contributed by atoms with Gasteiger partial charge in [-0.2, -0.15) is 0 Å². The van der Waals surface area contributed by atoms with Gasteiger partial charge in [0.2, 0.25) is 11.8 Å². The predicted molar refractivity (Wildman–Crippen MR) is 166 cm³/mol. The number of amides is 3. The third-order valence-electron chi connectivity index (χ3n) is 6.24. The van der Waals surface area contributed by atoms with Crippen molar-refractivity contribution < 1.29 is 28.6 Å². The maximum atomic E-state index is 13.3. The molecule has 0 aliphatic rings. The summed E-state index contributed by atoms with van der Waals surface area (Å²) in [6.45, 7) is 14.1. The number of nitrogens with one attached hydrogen (secondary N) is 2. The number of carbonyl (C=O) groups is 3. The molecule has 0 radical (unpaired) electrons. The zero-order valence-electron chi connectivity index (χ0n) is 25.6. The monoisotopic (exact) mass is 581 g/mol. The lowest BCUT2D eigenvalue weighted by Crippen LogP contribution is -2.34. The van der Waals surface area contributed by atoms with E-state index in [1.54, 1.807) is 26.8 Å². The molecule has 3 amide bonds. The fourth-order valence-corrected chi connectivity index (χ4v) is 4.08. The van der Waals surface area contributed by atoms with E-state index >= 15 is 0 Å². The summed E-state index contributed by atoms with van der Waals surface area (Å²) in [5.41, 5.74) is 3.43. The van der Waals surface area contributed by atoms with Gasteiger partial charge in [-0.3, -0.25) is 9.59 Å². The first-order valence-corrected chi connectivity index (χ1v) is 14.6. The Kier molecular flexibility index (Phi) is 15.4. The van der Waals surface area contributed by atoms with Crippen LogP contribution in [0.25, 0.3) is 6.08 Å². The highest BCUT2D eigenvalue weighted by Gasteiger charge is 2.19. The van der Waals surface area contributed by atoms with Gasteiger partial charge in [0.25, 0.3) is 0 Å². The van der Waals surface area contributed by atoms with Crippen LogP contribution in [0.15, 0.2) is 55.1 Å². The summed E-state index contributed by atoms with van der Waals surface area (Å²) in [5, 5.41) is 5.46. The molecular formula is C33H47N3O6. The summed E-state index contributed by atoms with van der Waals surface area (Å²) in [4.78, 5) is 38.9. The third kappa shape index (κ3) is 13.8. The lowest BCUT2D eigenvalue weighted by molar-refractivity contribution is -0.122. The van der Waals surface area contributed by atoms with Crippen molar-refractivity contribution in [2.75, 3.05) is 44.4 Å². The van der Waals surface area contributed by atoms with E-state index in [9.17, 15) is 14.4 Å². The van der Waals surface area contributed by atoms with Gasteiger partial charge >= 0.3 is 6.09 Å². The highest BCUT2D eigenvalue weighted by Crippen LogP contribution is 2.25. The Morgan fingerprint density at radius 2 is 1.48 bits per heavy atom. The van der Waals surface area contributed by atoms with Crippen LogP contribution in [0.2, 0.25) is 0 Å². The van der Waals surface area contributed by atoms with E-state index in [0.717, 1.165) is 22.4 Å². The molecule has 2 rings (SSSR count). The Morgan fingerprint density at radius 1 is 0.857 bits per heavy atom. The molecule has 0 heterocycles. The average Bonchev–Trinajstić information content (AvgIpc) is 2.94. The average molecular weight is 582 g/mol. The second kappa shape index (κ2) is 18.7. The summed E-state index contributed by atoms with van der Waals surface area (Å²) in [7, 11) is 0. The fraction of sp³-hybridized carbons (Fsp3) is 0.485. The summed E-state index contributed by atoms with van der Waals surface area (Å²) >= 11 is 0. The number of carbonyl (C=O) groups excluding carboxylic acids is 3. The van der Waals surface area contributed by atoms with E-state index in [-0.39, 0.29) is 11.8 Å². The van der Waals surface area contributed by atoms with Gasteiger partial charge in [-0.05, 0) is 63.3 Å². The second-order valence-electron chi connectivity index (χ2n) is 10.9. The Bertz CT molecular complexity index is 1140. The SMILES string of the molecule is C=Cc1ccccc1N(Cc1ccccc1C)C(=O)CCCCC(=O)NCCOCCOCCNC(=O)OC(C)(C)C. The van der Waals surface area contributed by atoms with Crippen molar-refractivity contribution >= 4 is 29.7 Å². The number of aryl methyl sites for hydroxylation is 1. The normalized spacial score (nSPS) is 11.0. The van der Waals surface area contributed by atoms with Crippen LogP contribution in [0.5, 0.6) is 0 Å².